The average molecular weight is 331 g/mol. The average Bonchev–Trinajstić information content (AvgIpc) is 2.86. The van der Waals surface area contributed by atoms with Crippen molar-refractivity contribution < 1.29 is 19.1 Å². The summed E-state index contributed by atoms with van der Waals surface area (Å²) in [6.45, 7) is 2.03. The molecule has 7 nitrogen and oxygen atoms in total. The number of methoxy groups -OCH3 is 2. The topological polar surface area (TPSA) is 82.9 Å². The van der Waals surface area contributed by atoms with Crippen molar-refractivity contribution in [3.05, 3.63) is 23.8 Å². The van der Waals surface area contributed by atoms with E-state index < -0.39 is 0 Å². The molecule has 0 unspecified atom stereocenters. The monoisotopic (exact) mass is 331 g/mol. The van der Waals surface area contributed by atoms with Crippen LogP contribution in [0.2, 0.25) is 0 Å². The highest BCUT2D eigenvalue weighted by Gasteiger charge is 2.23. The van der Waals surface area contributed by atoms with E-state index in [1.807, 2.05) is 6.07 Å². The first-order chi connectivity index (χ1) is 11.6. The van der Waals surface area contributed by atoms with Crippen LogP contribution in [0.25, 0.3) is 0 Å². The van der Waals surface area contributed by atoms with Crippen LogP contribution in [0.15, 0.2) is 18.2 Å². The first-order valence-corrected chi connectivity index (χ1v) is 7.76. The fraction of sp³-hybridized carbons (Fsp3) is 0.471. The summed E-state index contributed by atoms with van der Waals surface area (Å²) in [6, 6.07) is 6.93. The lowest BCUT2D eigenvalue weighted by molar-refractivity contribution is -0.130. The van der Waals surface area contributed by atoms with Crippen LogP contribution in [0.5, 0.6) is 11.5 Å². The smallest absolute Gasteiger partial charge is 0.254 e. The van der Waals surface area contributed by atoms with Gasteiger partial charge in [-0.3, -0.25) is 9.59 Å². The fourth-order valence-corrected chi connectivity index (χ4v) is 2.70. The number of hydrogen-bond acceptors (Lipinski definition) is 5. The number of carbonyl (C=O) groups is 2. The van der Waals surface area contributed by atoms with Crippen molar-refractivity contribution in [3.63, 3.8) is 0 Å². The van der Waals surface area contributed by atoms with Crippen LogP contribution in [0.3, 0.4) is 0 Å². The Morgan fingerprint density at radius 3 is 2.42 bits per heavy atom. The maximum absolute atomic E-state index is 12.7. The van der Waals surface area contributed by atoms with Crippen molar-refractivity contribution in [1.82, 2.24) is 9.80 Å². The Morgan fingerprint density at radius 1 is 1.08 bits per heavy atom. The molecule has 0 N–H and O–H groups in total. The van der Waals surface area contributed by atoms with Crippen molar-refractivity contribution in [3.8, 4) is 17.6 Å². The number of nitrogens with zero attached hydrogens (tertiary/aromatic N) is 3. The van der Waals surface area contributed by atoms with Crippen molar-refractivity contribution >= 4 is 11.8 Å². The summed E-state index contributed by atoms with van der Waals surface area (Å²) < 4.78 is 10.4. The fourth-order valence-electron chi connectivity index (χ4n) is 2.70. The lowest BCUT2D eigenvalue weighted by Crippen LogP contribution is -2.37. The third kappa shape index (κ3) is 3.96. The van der Waals surface area contributed by atoms with Crippen LogP contribution in [0.4, 0.5) is 0 Å². The van der Waals surface area contributed by atoms with Gasteiger partial charge in [0.25, 0.3) is 5.91 Å². The molecule has 0 radical (unpaired) electrons. The van der Waals surface area contributed by atoms with Gasteiger partial charge in [0, 0.05) is 31.7 Å². The Bertz CT molecular complexity index is 654. The number of ether oxygens (including phenoxy) is 2. The van der Waals surface area contributed by atoms with E-state index in [0.29, 0.717) is 49.7 Å². The lowest BCUT2D eigenvalue weighted by atomic mass is 10.1. The number of benzene rings is 1. The Labute approximate surface area is 141 Å². The lowest BCUT2D eigenvalue weighted by Gasteiger charge is -2.22. The molecule has 1 aromatic carbocycles. The van der Waals surface area contributed by atoms with Gasteiger partial charge >= 0.3 is 0 Å². The maximum atomic E-state index is 12.7. The van der Waals surface area contributed by atoms with Gasteiger partial charge in [0.15, 0.2) is 11.5 Å². The second-order valence-corrected chi connectivity index (χ2v) is 5.43. The summed E-state index contributed by atoms with van der Waals surface area (Å²) in [5, 5.41) is 8.63. The molecule has 128 valence electrons. The summed E-state index contributed by atoms with van der Waals surface area (Å²) in [6.07, 6.45) is 0.569. The number of amides is 2. The summed E-state index contributed by atoms with van der Waals surface area (Å²) in [7, 11) is 3.07. The molecule has 1 heterocycles. The Hall–Kier alpha value is -2.75. The zero-order valence-electron chi connectivity index (χ0n) is 13.9. The number of carbonyl (C=O) groups excluding carboxylic acids is 2. The van der Waals surface area contributed by atoms with Gasteiger partial charge in [-0.15, -0.1) is 0 Å². The standard InChI is InChI=1S/C17H21N3O4/c1-23-14-5-4-13(12-15(14)24-2)17(22)20-9-3-8-19(10-11-20)16(21)6-7-18/h4-5,12H,3,6,8-11H2,1-2H3. The van der Waals surface area contributed by atoms with Gasteiger partial charge in [-0.25, -0.2) is 0 Å². The minimum absolute atomic E-state index is 0.106. The van der Waals surface area contributed by atoms with Crippen LogP contribution in [-0.2, 0) is 4.79 Å². The van der Waals surface area contributed by atoms with E-state index >= 15 is 0 Å². The molecule has 1 saturated heterocycles. The quantitative estimate of drug-likeness (QED) is 0.830. The summed E-state index contributed by atoms with van der Waals surface area (Å²) >= 11 is 0. The van der Waals surface area contributed by atoms with Gasteiger partial charge in [-0.2, -0.15) is 5.26 Å². The first kappa shape index (κ1) is 17.6. The van der Waals surface area contributed by atoms with Gasteiger partial charge in [0.05, 0.1) is 20.3 Å². The highest BCUT2D eigenvalue weighted by molar-refractivity contribution is 5.95. The molecule has 0 aromatic heterocycles. The predicted octanol–water partition coefficient (Wildman–Crippen LogP) is 1.29. The SMILES string of the molecule is COc1ccc(C(=O)N2CCCN(C(=O)CC#N)CC2)cc1OC. The molecule has 1 fully saturated rings. The van der Waals surface area contributed by atoms with E-state index in [1.165, 1.54) is 7.11 Å². The maximum Gasteiger partial charge on any atom is 0.254 e. The highest BCUT2D eigenvalue weighted by atomic mass is 16.5. The van der Waals surface area contributed by atoms with E-state index in [-0.39, 0.29) is 18.2 Å². The minimum atomic E-state index is -0.182. The molecule has 2 amide bonds. The summed E-state index contributed by atoms with van der Waals surface area (Å²) in [5.74, 6) is 0.783. The van der Waals surface area contributed by atoms with Crippen LogP contribution in [0, 0.1) is 11.3 Å². The molecule has 1 aliphatic heterocycles. The second kappa shape index (κ2) is 8.20. The first-order valence-electron chi connectivity index (χ1n) is 7.76. The Morgan fingerprint density at radius 2 is 1.75 bits per heavy atom. The second-order valence-electron chi connectivity index (χ2n) is 5.43. The van der Waals surface area contributed by atoms with E-state index in [2.05, 4.69) is 0 Å². The zero-order chi connectivity index (χ0) is 17.5. The third-order valence-corrected chi connectivity index (χ3v) is 4.00. The van der Waals surface area contributed by atoms with Crippen LogP contribution >= 0.6 is 0 Å². The molecule has 1 aromatic rings. The molecular formula is C17H21N3O4. The Kier molecular flexibility index (Phi) is 6.01. The van der Waals surface area contributed by atoms with Crippen molar-refractivity contribution in [2.45, 2.75) is 12.8 Å². The highest BCUT2D eigenvalue weighted by Crippen LogP contribution is 2.28. The van der Waals surface area contributed by atoms with Crippen LogP contribution < -0.4 is 9.47 Å². The van der Waals surface area contributed by atoms with Crippen molar-refractivity contribution in [2.24, 2.45) is 0 Å². The molecule has 0 atom stereocenters. The van der Waals surface area contributed by atoms with Gasteiger partial charge in [-0.1, -0.05) is 0 Å². The van der Waals surface area contributed by atoms with Crippen molar-refractivity contribution in [1.29, 1.82) is 5.26 Å². The van der Waals surface area contributed by atoms with Gasteiger partial charge in [0.1, 0.15) is 6.42 Å². The molecule has 24 heavy (non-hydrogen) atoms. The van der Waals surface area contributed by atoms with E-state index in [0.717, 1.165) is 0 Å². The van der Waals surface area contributed by atoms with Crippen LogP contribution in [-0.4, -0.2) is 62.0 Å². The minimum Gasteiger partial charge on any atom is -0.493 e. The van der Waals surface area contributed by atoms with E-state index in [4.69, 9.17) is 14.7 Å². The Balaban J connectivity index is 2.08. The summed E-state index contributed by atoms with van der Waals surface area (Å²) in [5.41, 5.74) is 0.518. The van der Waals surface area contributed by atoms with Gasteiger partial charge in [-0.05, 0) is 24.6 Å². The zero-order valence-corrected chi connectivity index (χ0v) is 13.9. The molecule has 0 spiro atoms. The summed E-state index contributed by atoms with van der Waals surface area (Å²) in [4.78, 5) is 27.9. The predicted molar refractivity (Wildman–Crippen MR) is 86.9 cm³/mol. The van der Waals surface area contributed by atoms with Crippen LogP contribution in [0.1, 0.15) is 23.2 Å². The normalized spacial score (nSPS) is 14.5. The molecule has 7 heteroatoms. The number of rotatable bonds is 4. The van der Waals surface area contributed by atoms with E-state index in [1.54, 1.807) is 35.1 Å². The molecule has 0 bridgehead atoms. The largest absolute Gasteiger partial charge is 0.493 e. The molecule has 0 saturated carbocycles. The van der Waals surface area contributed by atoms with Gasteiger partial charge < -0.3 is 19.3 Å². The molecule has 0 aliphatic carbocycles. The van der Waals surface area contributed by atoms with E-state index in [9.17, 15) is 9.59 Å². The number of hydrogen-bond donors (Lipinski definition) is 0. The van der Waals surface area contributed by atoms with Gasteiger partial charge in [0.2, 0.25) is 5.91 Å². The molecule has 2 rings (SSSR count). The molecule has 1 aliphatic rings. The third-order valence-electron chi connectivity index (χ3n) is 4.00. The molecular weight excluding hydrogens is 310 g/mol. The number of nitriles is 1. The van der Waals surface area contributed by atoms with Crippen molar-refractivity contribution in [2.75, 3.05) is 40.4 Å².